The maximum atomic E-state index is 13.0. The highest BCUT2D eigenvalue weighted by Gasteiger charge is 2.34. The number of aromatic nitrogens is 6. The van der Waals surface area contributed by atoms with Gasteiger partial charge in [-0.25, -0.2) is 18.1 Å². The molecule has 0 fully saturated rings. The van der Waals surface area contributed by atoms with E-state index >= 15 is 0 Å². The van der Waals surface area contributed by atoms with Gasteiger partial charge in [0.2, 0.25) is 15.0 Å². The first-order valence-corrected chi connectivity index (χ1v) is 8.75. The van der Waals surface area contributed by atoms with Crippen molar-refractivity contribution >= 4 is 9.84 Å². The molecule has 1 unspecified atom stereocenters. The SMILES string of the molecule is CC(C)c1cnc(S(=O)(=O)C(C)c2nnnn2C)n1C(C)C. The summed E-state index contributed by atoms with van der Waals surface area (Å²) in [5.74, 6) is 0.482. The van der Waals surface area contributed by atoms with E-state index in [4.69, 9.17) is 0 Å². The van der Waals surface area contributed by atoms with Crippen LogP contribution in [0.25, 0.3) is 0 Å². The maximum absolute atomic E-state index is 13.0. The van der Waals surface area contributed by atoms with Crippen molar-refractivity contribution in [3.63, 3.8) is 0 Å². The summed E-state index contributed by atoms with van der Waals surface area (Å²) < 4.78 is 29.1. The molecule has 9 heteroatoms. The molecule has 2 aromatic heterocycles. The molecule has 0 bridgehead atoms. The standard InChI is InChI=1S/C13H22N6O2S/c1-8(2)11-7-14-13(19(11)9(3)4)22(20,21)10(5)12-15-16-17-18(12)6/h7-10H,1-6H3. The Morgan fingerprint density at radius 3 is 2.23 bits per heavy atom. The van der Waals surface area contributed by atoms with Gasteiger partial charge in [-0.15, -0.1) is 5.10 Å². The summed E-state index contributed by atoms with van der Waals surface area (Å²) in [5.41, 5.74) is 0.900. The summed E-state index contributed by atoms with van der Waals surface area (Å²) >= 11 is 0. The average molecular weight is 326 g/mol. The van der Waals surface area contributed by atoms with E-state index in [-0.39, 0.29) is 17.1 Å². The fraction of sp³-hybridized carbons (Fsp3) is 0.692. The molecule has 0 saturated carbocycles. The summed E-state index contributed by atoms with van der Waals surface area (Å²) in [6.45, 7) is 9.50. The zero-order valence-corrected chi connectivity index (χ0v) is 14.5. The number of tetrazole rings is 1. The number of imidazole rings is 1. The largest absolute Gasteiger partial charge is 0.316 e. The van der Waals surface area contributed by atoms with Gasteiger partial charge < -0.3 is 4.57 Å². The number of aryl methyl sites for hydroxylation is 1. The minimum absolute atomic E-state index is 0.00510. The van der Waals surface area contributed by atoms with Crippen LogP contribution < -0.4 is 0 Å². The molecule has 2 rings (SSSR count). The third kappa shape index (κ3) is 2.65. The second-order valence-corrected chi connectivity index (χ2v) is 8.09. The van der Waals surface area contributed by atoms with Gasteiger partial charge in [-0.05, 0) is 37.1 Å². The zero-order valence-electron chi connectivity index (χ0n) is 13.7. The second-order valence-electron chi connectivity index (χ2n) is 5.93. The number of nitrogens with zero attached hydrogens (tertiary/aromatic N) is 6. The summed E-state index contributed by atoms with van der Waals surface area (Å²) in [7, 11) is -2.06. The van der Waals surface area contributed by atoms with Crippen LogP contribution in [0.5, 0.6) is 0 Å². The molecule has 0 aromatic carbocycles. The Morgan fingerprint density at radius 2 is 1.77 bits per heavy atom. The topological polar surface area (TPSA) is 95.6 Å². The van der Waals surface area contributed by atoms with Crippen molar-refractivity contribution < 1.29 is 8.42 Å². The van der Waals surface area contributed by atoms with Crippen LogP contribution in [-0.4, -0.2) is 38.2 Å². The van der Waals surface area contributed by atoms with Gasteiger partial charge in [0.25, 0.3) is 0 Å². The van der Waals surface area contributed by atoms with Gasteiger partial charge in [0.05, 0.1) is 0 Å². The van der Waals surface area contributed by atoms with Crippen molar-refractivity contribution in [1.82, 2.24) is 29.8 Å². The van der Waals surface area contributed by atoms with Crippen molar-refractivity contribution in [1.29, 1.82) is 0 Å². The molecule has 0 N–H and O–H groups in total. The summed E-state index contributed by atoms with van der Waals surface area (Å²) in [6, 6.07) is -0.00510. The lowest BCUT2D eigenvalue weighted by atomic mass is 10.1. The van der Waals surface area contributed by atoms with Gasteiger partial charge in [0.15, 0.2) is 5.82 Å². The van der Waals surface area contributed by atoms with Gasteiger partial charge in [-0.3, -0.25) is 0 Å². The molecule has 22 heavy (non-hydrogen) atoms. The van der Waals surface area contributed by atoms with Gasteiger partial charge in [-0.2, -0.15) is 0 Å². The second kappa shape index (κ2) is 5.79. The monoisotopic (exact) mass is 326 g/mol. The fourth-order valence-corrected chi connectivity index (χ4v) is 3.97. The lowest BCUT2D eigenvalue weighted by Gasteiger charge is -2.19. The van der Waals surface area contributed by atoms with E-state index < -0.39 is 15.1 Å². The molecule has 0 amide bonds. The van der Waals surface area contributed by atoms with E-state index in [9.17, 15) is 8.42 Å². The Hall–Kier alpha value is -1.77. The Balaban J connectivity index is 2.57. The van der Waals surface area contributed by atoms with E-state index in [0.717, 1.165) is 5.69 Å². The van der Waals surface area contributed by atoms with E-state index in [1.165, 1.54) is 4.68 Å². The van der Waals surface area contributed by atoms with E-state index in [1.54, 1.807) is 24.7 Å². The van der Waals surface area contributed by atoms with Crippen LogP contribution in [-0.2, 0) is 16.9 Å². The molecule has 1 atom stereocenters. The molecule has 0 aliphatic carbocycles. The summed E-state index contributed by atoms with van der Waals surface area (Å²) in [6.07, 6.45) is 1.64. The van der Waals surface area contributed by atoms with E-state index in [1.807, 2.05) is 27.7 Å². The molecule has 0 spiro atoms. The number of hydrogen-bond acceptors (Lipinski definition) is 6. The Kier molecular flexibility index (Phi) is 4.37. The molecule has 0 radical (unpaired) electrons. The fourth-order valence-electron chi connectivity index (χ4n) is 2.39. The molecule has 2 heterocycles. The molecule has 122 valence electrons. The van der Waals surface area contributed by atoms with Crippen LogP contribution in [0, 0.1) is 0 Å². The minimum atomic E-state index is -3.68. The van der Waals surface area contributed by atoms with Crippen LogP contribution in [0.1, 0.15) is 63.3 Å². The van der Waals surface area contributed by atoms with Crippen molar-refractivity contribution in [2.45, 2.75) is 57.0 Å². The van der Waals surface area contributed by atoms with Gasteiger partial charge in [-0.1, -0.05) is 13.8 Å². The predicted molar refractivity (Wildman–Crippen MR) is 81.1 cm³/mol. The Bertz CT molecular complexity index is 759. The van der Waals surface area contributed by atoms with Crippen molar-refractivity contribution in [3.05, 3.63) is 17.7 Å². The summed E-state index contributed by atoms with van der Waals surface area (Å²) in [5, 5.41) is 10.2. The van der Waals surface area contributed by atoms with Gasteiger partial charge >= 0.3 is 0 Å². The first kappa shape index (κ1) is 16.6. The highest BCUT2D eigenvalue weighted by Crippen LogP contribution is 2.30. The van der Waals surface area contributed by atoms with Gasteiger partial charge in [0, 0.05) is 25.0 Å². The van der Waals surface area contributed by atoms with Crippen LogP contribution in [0.4, 0.5) is 0 Å². The molecule has 2 aromatic rings. The minimum Gasteiger partial charge on any atom is -0.316 e. The highest BCUT2D eigenvalue weighted by molar-refractivity contribution is 7.91. The first-order valence-electron chi connectivity index (χ1n) is 7.21. The predicted octanol–water partition coefficient (Wildman–Crippen LogP) is 1.65. The number of hydrogen-bond donors (Lipinski definition) is 0. The Morgan fingerprint density at radius 1 is 1.14 bits per heavy atom. The third-order valence-corrected chi connectivity index (χ3v) is 5.59. The molecule has 0 aliphatic heterocycles. The van der Waals surface area contributed by atoms with Crippen LogP contribution in [0.3, 0.4) is 0 Å². The molecule has 0 saturated heterocycles. The lowest BCUT2D eigenvalue weighted by molar-refractivity contribution is 0.491. The molecular formula is C13H22N6O2S. The van der Waals surface area contributed by atoms with Crippen molar-refractivity contribution in [2.24, 2.45) is 7.05 Å². The van der Waals surface area contributed by atoms with E-state index in [2.05, 4.69) is 20.5 Å². The first-order chi connectivity index (χ1) is 10.2. The average Bonchev–Trinajstić information content (AvgIpc) is 3.03. The third-order valence-electron chi connectivity index (χ3n) is 3.64. The molecular weight excluding hydrogens is 304 g/mol. The van der Waals surface area contributed by atoms with Crippen molar-refractivity contribution in [2.75, 3.05) is 0 Å². The van der Waals surface area contributed by atoms with Crippen LogP contribution in [0.2, 0.25) is 0 Å². The lowest BCUT2D eigenvalue weighted by Crippen LogP contribution is -2.21. The maximum Gasteiger partial charge on any atom is 0.228 e. The van der Waals surface area contributed by atoms with Crippen LogP contribution >= 0.6 is 0 Å². The normalized spacial score (nSPS) is 14.0. The quantitative estimate of drug-likeness (QED) is 0.829. The van der Waals surface area contributed by atoms with Crippen LogP contribution in [0.15, 0.2) is 11.4 Å². The van der Waals surface area contributed by atoms with Crippen molar-refractivity contribution in [3.8, 4) is 0 Å². The smallest absolute Gasteiger partial charge is 0.228 e. The zero-order chi connectivity index (χ0) is 16.7. The number of sulfone groups is 1. The number of rotatable bonds is 5. The molecule has 8 nitrogen and oxygen atoms in total. The van der Waals surface area contributed by atoms with E-state index in [0.29, 0.717) is 5.82 Å². The highest BCUT2D eigenvalue weighted by atomic mass is 32.2. The van der Waals surface area contributed by atoms with Gasteiger partial charge in [0.1, 0.15) is 5.25 Å². The Labute approximate surface area is 130 Å². The summed E-state index contributed by atoms with van der Waals surface area (Å²) in [4.78, 5) is 4.19. The molecule has 0 aliphatic rings.